The van der Waals surface area contributed by atoms with Gasteiger partial charge in [0.05, 0.1) is 19.9 Å². The van der Waals surface area contributed by atoms with Crippen molar-refractivity contribution >= 4 is 21.6 Å². The highest BCUT2D eigenvalue weighted by Gasteiger charge is 2.30. The summed E-state index contributed by atoms with van der Waals surface area (Å²) in [6.07, 6.45) is 0.625. The molecule has 2 aromatic carbocycles. The maximum atomic E-state index is 13.6. The fourth-order valence-electron chi connectivity index (χ4n) is 2.82. The van der Waals surface area contributed by atoms with Crippen molar-refractivity contribution in [1.29, 1.82) is 0 Å². The molecule has 0 heterocycles. The molecule has 30 heavy (non-hydrogen) atoms. The summed E-state index contributed by atoms with van der Waals surface area (Å²) in [4.78, 5) is 12.5. The number of aryl methyl sites for hydroxylation is 1. The van der Waals surface area contributed by atoms with Gasteiger partial charge in [-0.15, -0.1) is 0 Å². The van der Waals surface area contributed by atoms with Crippen molar-refractivity contribution < 1.29 is 27.4 Å². The Morgan fingerprint density at radius 3 is 2.50 bits per heavy atom. The fourth-order valence-corrected chi connectivity index (χ4v) is 4.47. The van der Waals surface area contributed by atoms with Gasteiger partial charge < -0.3 is 19.5 Å². The SMILES string of the molecule is COCCCNC(=O)CN(c1cccc(OC)c1)S(=O)(=O)c1cc(C)ccc1OC. The average molecular weight is 437 g/mol. The molecule has 0 atom stereocenters. The molecule has 8 nitrogen and oxygen atoms in total. The van der Waals surface area contributed by atoms with Gasteiger partial charge in [-0.2, -0.15) is 0 Å². The number of nitrogens with zero attached hydrogens (tertiary/aromatic N) is 1. The summed E-state index contributed by atoms with van der Waals surface area (Å²) < 4.78 is 43.7. The molecule has 0 aliphatic rings. The molecule has 1 N–H and O–H groups in total. The zero-order valence-corrected chi connectivity index (χ0v) is 18.5. The number of hydrogen-bond donors (Lipinski definition) is 1. The molecule has 0 radical (unpaired) electrons. The normalized spacial score (nSPS) is 11.1. The fraction of sp³-hybridized carbons (Fsp3) is 0.381. The van der Waals surface area contributed by atoms with Gasteiger partial charge in [0, 0.05) is 26.3 Å². The predicted octanol–water partition coefficient (Wildman–Crippen LogP) is 2.36. The molecule has 0 fully saturated rings. The van der Waals surface area contributed by atoms with Gasteiger partial charge in [-0.1, -0.05) is 12.1 Å². The Bertz CT molecular complexity index is 962. The number of hydrogen-bond acceptors (Lipinski definition) is 6. The van der Waals surface area contributed by atoms with Crippen molar-refractivity contribution in [2.45, 2.75) is 18.2 Å². The predicted molar refractivity (Wildman–Crippen MR) is 115 cm³/mol. The van der Waals surface area contributed by atoms with Crippen LogP contribution in [0.15, 0.2) is 47.4 Å². The lowest BCUT2D eigenvalue weighted by atomic mass is 10.2. The number of nitrogens with one attached hydrogen (secondary N) is 1. The second kappa shape index (κ2) is 10.8. The highest BCUT2D eigenvalue weighted by Crippen LogP contribution is 2.32. The Kier molecular flexibility index (Phi) is 8.49. The Labute approximate surface area is 177 Å². The summed E-state index contributed by atoms with van der Waals surface area (Å²) in [5, 5.41) is 2.72. The van der Waals surface area contributed by atoms with E-state index in [1.54, 1.807) is 50.4 Å². The maximum Gasteiger partial charge on any atom is 0.268 e. The van der Waals surface area contributed by atoms with Crippen molar-refractivity contribution in [2.24, 2.45) is 0 Å². The molecule has 0 unspecified atom stereocenters. The third kappa shape index (κ3) is 5.87. The van der Waals surface area contributed by atoms with E-state index in [-0.39, 0.29) is 17.2 Å². The zero-order valence-electron chi connectivity index (χ0n) is 17.7. The van der Waals surface area contributed by atoms with Crippen LogP contribution in [0.25, 0.3) is 0 Å². The van der Waals surface area contributed by atoms with Crippen molar-refractivity contribution in [1.82, 2.24) is 5.32 Å². The van der Waals surface area contributed by atoms with Crippen molar-refractivity contribution in [3.05, 3.63) is 48.0 Å². The second-order valence-electron chi connectivity index (χ2n) is 6.56. The molecule has 0 aliphatic carbocycles. The van der Waals surface area contributed by atoms with E-state index >= 15 is 0 Å². The molecule has 9 heteroatoms. The van der Waals surface area contributed by atoms with Crippen molar-refractivity contribution in [3.63, 3.8) is 0 Å². The van der Waals surface area contributed by atoms with Crippen LogP contribution in [0.1, 0.15) is 12.0 Å². The third-order valence-electron chi connectivity index (χ3n) is 4.36. The summed E-state index contributed by atoms with van der Waals surface area (Å²) in [5.74, 6) is 0.252. The van der Waals surface area contributed by atoms with E-state index in [1.165, 1.54) is 20.3 Å². The van der Waals surface area contributed by atoms with Gasteiger partial charge >= 0.3 is 0 Å². The molecule has 0 spiro atoms. The zero-order chi connectivity index (χ0) is 22.1. The minimum absolute atomic E-state index is 0.0139. The molecule has 0 aliphatic heterocycles. The number of carbonyl (C=O) groups excluding carboxylic acids is 1. The van der Waals surface area contributed by atoms with Crippen LogP contribution in [-0.2, 0) is 19.6 Å². The Morgan fingerprint density at radius 1 is 1.07 bits per heavy atom. The molecule has 164 valence electrons. The Morgan fingerprint density at radius 2 is 1.83 bits per heavy atom. The molecule has 2 aromatic rings. The first-order valence-corrected chi connectivity index (χ1v) is 10.8. The minimum atomic E-state index is -4.11. The maximum absolute atomic E-state index is 13.6. The van der Waals surface area contributed by atoms with E-state index in [4.69, 9.17) is 14.2 Å². The minimum Gasteiger partial charge on any atom is -0.497 e. The summed E-state index contributed by atoms with van der Waals surface area (Å²) in [5.41, 5.74) is 1.06. The van der Waals surface area contributed by atoms with Gasteiger partial charge in [-0.3, -0.25) is 9.10 Å². The number of rotatable bonds is 11. The van der Waals surface area contributed by atoms with Gasteiger partial charge in [-0.05, 0) is 43.2 Å². The van der Waals surface area contributed by atoms with Crippen LogP contribution < -0.4 is 19.1 Å². The van der Waals surface area contributed by atoms with Crippen molar-refractivity contribution in [3.8, 4) is 11.5 Å². The van der Waals surface area contributed by atoms with Gasteiger partial charge in [0.2, 0.25) is 5.91 Å². The number of sulfonamides is 1. The van der Waals surface area contributed by atoms with Gasteiger partial charge in [0.15, 0.2) is 0 Å². The first-order valence-electron chi connectivity index (χ1n) is 9.40. The standard InChI is InChI=1S/C21H28N2O6S/c1-16-9-10-19(29-4)20(13-16)30(25,26)23(15-21(24)22-11-6-12-27-2)17-7-5-8-18(14-17)28-3/h5,7-10,13-14H,6,11-12,15H2,1-4H3,(H,22,24). The van der Waals surface area contributed by atoms with E-state index in [9.17, 15) is 13.2 Å². The molecule has 0 saturated heterocycles. The lowest BCUT2D eigenvalue weighted by Crippen LogP contribution is -2.41. The Balaban J connectivity index is 2.44. The average Bonchev–Trinajstić information content (AvgIpc) is 2.75. The highest BCUT2D eigenvalue weighted by molar-refractivity contribution is 7.93. The van der Waals surface area contributed by atoms with E-state index in [0.29, 0.717) is 31.0 Å². The summed E-state index contributed by atoms with van der Waals surface area (Å²) in [7, 11) is 0.365. The van der Waals surface area contributed by atoms with E-state index < -0.39 is 15.9 Å². The lowest BCUT2D eigenvalue weighted by molar-refractivity contribution is -0.119. The third-order valence-corrected chi connectivity index (χ3v) is 6.16. The summed E-state index contributed by atoms with van der Waals surface area (Å²) in [6, 6.07) is 11.4. The van der Waals surface area contributed by atoms with E-state index in [2.05, 4.69) is 5.32 Å². The molecule has 0 aromatic heterocycles. The molecular formula is C21H28N2O6S. The van der Waals surface area contributed by atoms with Crippen molar-refractivity contribution in [2.75, 3.05) is 45.3 Å². The molecular weight excluding hydrogens is 408 g/mol. The monoisotopic (exact) mass is 436 g/mol. The first-order chi connectivity index (χ1) is 14.3. The van der Waals surface area contributed by atoms with E-state index in [0.717, 1.165) is 9.87 Å². The topological polar surface area (TPSA) is 94.2 Å². The molecule has 0 bridgehead atoms. The molecule has 1 amide bonds. The Hall–Kier alpha value is -2.78. The second-order valence-corrected chi connectivity index (χ2v) is 8.39. The number of carbonyl (C=O) groups is 1. The first kappa shape index (κ1) is 23.5. The number of anilines is 1. The quantitative estimate of drug-likeness (QED) is 0.544. The number of methoxy groups -OCH3 is 3. The lowest BCUT2D eigenvalue weighted by Gasteiger charge is -2.25. The van der Waals surface area contributed by atoms with Crippen LogP contribution in [0.4, 0.5) is 5.69 Å². The smallest absolute Gasteiger partial charge is 0.268 e. The van der Waals surface area contributed by atoms with Crippen LogP contribution in [0, 0.1) is 6.92 Å². The number of ether oxygens (including phenoxy) is 3. The van der Waals surface area contributed by atoms with Crippen LogP contribution in [-0.4, -0.2) is 55.4 Å². The number of benzene rings is 2. The largest absolute Gasteiger partial charge is 0.497 e. The summed E-state index contributed by atoms with van der Waals surface area (Å²) in [6.45, 7) is 2.28. The molecule has 2 rings (SSSR count). The van der Waals surface area contributed by atoms with E-state index in [1.807, 2.05) is 0 Å². The summed E-state index contributed by atoms with van der Waals surface area (Å²) >= 11 is 0. The highest BCUT2D eigenvalue weighted by atomic mass is 32.2. The van der Waals surface area contributed by atoms with Crippen LogP contribution in [0.5, 0.6) is 11.5 Å². The van der Waals surface area contributed by atoms with Crippen LogP contribution in [0.2, 0.25) is 0 Å². The van der Waals surface area contributed by atoms with Crippen LogP contribution >= 0.6 is 0 Å². The van der Waals surface area contributed by atoms with Gasteiger partial charge in [0.1, 0.15) is 22.9 Å². The molecule has 0 saturated carbocycles. The van der Waals surface area contributed by atoms with Gasteiger partial charge in [0.25, 0.3) is 10.0 Å². The van der Waals surface area contributed by atoms with Gasteiger partial charge in [-0.25, -0.2) is 8.42 Å². The number of amides is 1. The van der Waals surface area contributed by atoms with Crippen LogP contribution in [0.3, 0.4) is 0 Å².